The molecule has 0 unspecified atom stereocenters. The van der Waals surface area contributed by atoms with Crippen molar-refractivity contribution >= 4 is 17.0 Å². The smallest absolute Gasteiger partial charge is 0.206 e. The van der Waals surface area contributed by atoms with E-state index in [2.05, 4.69) is 11.1 Å². The first-order chi connectivity index (χ1) is 10.0. The van der Waals surface area contributed by atoms with E-state index in [-0.39, 0.29) is 17.0 Å². The first-order valence-electron chi connectivity index (χ1n) is 6.16. The Hall–Kier alpha value is -2.94. The van der Waals surface area contributed by atoms with Gasteiger partial charge in [-0.2, -0.15) is 5.26 Å². The summed E-state index contributed by atoms with van der Waals surface area (Å²) < 4.78 is 28.6. The van der Waals surface area contributed by atoms with Crippen LogP contribution in [0.25, 0.3) is 16.7 Å². The van der Waals surface area contributed by atoms with Crippen molar-refractivity contribution in [2.45, 2.75) is 6.92 Å². The van der Waals surface area contributed by atoms with Gasteiger partial charge in [0.2, 0.25) is 5.95 Å². The number of nitriles is 1. The largest absolute Gasteiger partial charge is 0.369 e. The molecule has 104 valence electrons. The van der Waals surface area contributed by atoms with Gasteiger partial charge in [0, 0.05) is 12.1 Å². The number of nitrogens with zero attached hydrogens (tertiary/aromatic N) is 3. The summed E-state index contributed by atoms with van der Waals surface area (Å²) in [6.07, 6.45) is 0. The van der Waals surface area contributed by atoms with Crippen molar-refractivity contribution in [1.82, 2.24) is 9.55 Å². The zero-order valence-electron chi connectivity index (χ0n) is 11.1. The van der Waals surface area contributed by atoms with Crippen molar-refractivity contribution in [2.24, 2.45) is 0 Å². The first kappa shape index (κ1) is 13.1. The molecule has 0 saturated carbocycles. The number of rotatable bonds is 1. The summed E-state index contributed by atoms with van der Waals surface area (Å²) in [6.45, 7) is 1.78. The van der Waals surface area contributed by atoms with Gasteiger partial charge in [-0.25, -0.2) is 13.8 Å². The highest BCUT2D eigenvalue weighted by atomic mass is 19.1. The van der Waals surface area contributed by atoms with E-state index in [0.29, 0.717) is 11.3 Å². The fourth-order valence-corrected chi connectivity index (χ4v) is 2.36. The molecular formula is C15H10F2N4. The van der Waals surface area contributed by atoms with Gasteiger partial charge < -0.3 is 5.73 Å². The predicted molar refractivity (Wildman–Crippen MR) is 74.9 cm³/mol. The Bertz CT molecular complexity index is 906. The number of aryl methyl sites for hydroxylation is 1. The van der Waals surface area contributed by atoms with E-state index in [0.717, 1.165) is 17.7 Å². The molecule has 0 aliphatic heterocycles. The molecule has 4 nitrogen and oxygen atoms in total. The summed E-state index contributed by atoms with van der Waals surface area (Å²) in [5.41, 5.74) is 7.56. The number of fused-ring (bicyclic) bond motifs is 1. The van der Waals surface area contributed by atoms with Crippen molar-refractivity contribution in [2.75, 3.05) is 5.73 Å². The van der Waals surface area contributed by atoms with Crippen LogP contribution in [0.1, 0.15) is 11.1 Å². The number of nitrogen functional groups attached to an aromatic ring is 1. The van der Waals surface area contributed by atoms with Crippen LogP contribution in [0.2, 0.25) is 0 Å². The Morgan fingerprint density at radius 1 is 1.29 bits per heavy atom. The SMILES string of the molecule is Cc1cccc(-n2c(N)nc3c(F)cc(F)cc32)c1C#N. The van der Waals surface area contributed by atoms with Crippen molar-refractivity contribution in [3.05, 3.63) is 53.1 Å². The summed E-state index contributed by atoms with van der Waals surface area (Å²) in [7, 11) is 0. The number of halogens is 2. The van der Waals surface area contributed by atoms with Crippen molar-refractivity contribution < 1.29 is 8.78 Å². The minimum Gasteiger partial charge on any atom is -0.369 e. The summed E-state index contributed by atoms with van der Waals surface area (Å²) in [5.74, 6) is -1.52. The van der Waals surface area contributed by atoms with Crippen LogP contribution in [0.15, 0.2) is 30.3 Å². The Kier molecular flexibility index (Phi) is 2.84. The highest BCUT2D eigenvalue weighted by molar-refractivity contribution is 5.82. The lowest BCUT2D eigenvalue weighted by Gasteiger charge is -2.10. The van der Waals surface area contributed by atoms with Crippen LogP contribution in [-0.2, 0) is 0 Å². The molecule has 0 aliphatic carbocycles. The van der Waals surface area contributed by atoms with E-state index < -0.39 is 11.6 Å². The molecule has 21 heavy (non-hydrogen) atoms. The van der Waals surface area contributed by atoms with Gasteiger partial charge in [-0.1, -0.05) is 12.1 Å². The second kappa shape index (κ2) is 4.56. The van der Waals surface area contributed by atoms with E-state index in [1.54, 1.807) is 25.1 Å². The molecule has 0 atom stereocenters. The first-order valence-corrected chi connectivity index (χ1v) is 6.16. The lowest BCUT2D eigenvalue weighted by Crippen LogP contribution is -2.04. The number of benzene rings is 2. The number of nitrogens with two attached hydrogens (primary N) is 1. The third-order valence-corrected chi connectivity index (χ3v) is 3.31. The number of hydrogen-bond donors (Lipinski definition) is 1. The molecule has 3 rings (SSSR count). The number of anilines is 1. The molecule has 0 spiro atoms. The molecule has 2 aromatic carbocycles. The van der Waals surface area contributed by atoms with E-state index >= 15 is 0 Å². The molecule has 2 N–H and O–H groups in total. The highest BCUT2D eigenvalue weighted by Gasteiger charge is 2.17. The number of hydrogen-bond acceptors (Lipinski definition) is 3. The third kappa shape index (κ3) is 1.91. The summed E-state index contributed by atoms with van der Waals surface area (Å²) >= 11 is 0. The lowest BCUT2D eigenvalue weighted by molar-refractivity contribution is 0.590. The topological polar surface area (TPSA) is 67.6 Å². The standard InChI is InChI=1S/C15H10F2N4/c1-8-3-2-4-12(10(8)7-18)21-13-6-9(16)5-11(17)14(13)20-15(21)19/h2-6H,1H3,(H2,19,20). The number of aromatic nitrogens is 2. The minimum atomic E-state index is -0.790. The van der Waals surface area contributed by atoms with Crippen molar-refractivity contribution in [1.29, 1.82) is 5.26 Å². The maximum Gasteiger partial charge on any atom is 0.206 e. The maximum atomic E-state index is 13.8. The molecule has 0 saturated heterocycles. The van der Waals surface area contributed by atoms with Gasteiger partial charge in [0.15, 0.2) is 5.82 Å². The Morgan fingerprint density at radius 3 is 2.76 bits per heavy atom. The maximum absolute atomic E-state index is 13.8. The summed E-state index contributed by atoms with van der Waals surface area (Å²) in [4.78, 5) is 3.92. The van der Waals surface area contributed by atoms with Crippen LogP contribution < -0.4 is 5.73 Å². The lowest BCUT2D eigenvalue weighted by atomic mass is 10.1. The quantitative estimate of drug-likeness (QED) is 0.746. The molecule has 0 fully saturated rings. The molecule has 1 aromatic heterocycles. The fourth-order valence-electron chi connectivity index (χ4n) is 2.36. The summed E-state index contributed by atoms with van der Waals surface area (Å²) in [5, 5.41) is 9.30. The molecule has 0 bridgehead atoms. The van der Waals surface area contributed by atoms with Crippen molar-refractivity contribution in [3.63, 3.8) is 0 Å². The van der Waals surface area contributed by atoms with Gasteiger partial charge in [-0.15, -0.1) is 0 Å². The van der Waals surface area contributed by atoms with E-state index in [9.17, 15) is 14.0 Å². The monoisotopic (exact) mass is 284 g/mol. The van der Waals surface area contributed by atoms with Crippen LogP contribution in [-0.4, -0.2) is 9.55 Å². The van der Waals surface area contributed by atoms with E-state index in [1.165, 1.54) is 4.57 Å². The molecule has 6 heteroatoms. The second-order valence-electron chi connectivity index (χ2n) is 4.64. The molecule has 0 radical (unpaired) electrons. The minimum absolute atomic E-state index is 0.00315. The Labute approximate surface area is 119 Å². The second-order valence-corrected chi connectivity index (χ2v) is 4.64. The zero-order chi connectivity index (χ0) is 15.1. The van der Waals surface area contributed by atoms with Gasteiger partial charge in [0.25, 0.3) is 0 Å². The van der Waals surface area contributed by atoms with Crippen LogP contribution in [0.3, 0.4) is 0 Å². The van der Waals surface area contributed by atoms with Gasteiger partial charge >= 0.3 is 0 Å². The number of imidazole rings is 1. The average molecular weight is 284 g/mol. The molecule has 0 aliphatic rings. The van der Waals surface area contributed by atoms with Gasteiger partial charge in [0.05, 0.1) is 16.8 Å². The highest BCUT2D eigenvalue weighted by Crippen LogP contribution is 2.28. The van der Waals surface area contributed by atoms with E-state index in [4.69, 9.17) is 5.73 Å². The van der Waals surface area contributed by atoms with Crippen LogP contribution >= 0.6 is 0 Å². The van der Waals surface area contributed by atoms with Crippen LogP contribution in [0.5, 0.6) is 0 Å². The van der Waals surface area contributed by atoms with Gasteiger partial charge in [-0.3, -0.25) is 4.57 Å². The van der Waals surface area contributed by atoms with Crippen LogP contribution in [0.4, 0.5) is 14.7 Å². The van der Waals surface area contributed by atoms with Crippen molar-refractivity contribution in [3.8, 4) is 11.8 Å². The zero-order valence-corrected chi connectivity index (χ0v) is 11.1. The fraction of sp³-hybridized carbons (Fsp3) is 0.0667. The molecule has 3 aromatic rings. The van der Waals surface area contributed by atoms with E-state index in [1.807, 2.05) is 0 Å². The molecular weight excluding hydrogens is 274 g/mol. The Morgan fingerprint density at radius 2 is 2.05 bits per heavy atom. The van der Waals surface area contributed by atoms with Crippen LogP contribution in [0, 0.1) is 29.9 Å². The molecule has 0 amide bonds. The Balaban J connectivity index is 2.44. The molecule has 1 heterocycles. The predicted octanol–water partition coefficient (Wildman–Crippen LogP) is 3.07. The normalized spacial score (nSPS) is 10.8. The summed E-state index contributed by atoms with van der Waals surface area (Å²) in [6, 6.07) is 9.15. The third-order valence-electron chi connectivity index (χ3n) is 3.31. The average Bonchev–Trinajstić information content (AvgIpc) is 2.75. The van der Waals surface area contributed by atoms with Gasteiger partial charge in [0.1, 0.15) is 17.4 Å². The van der Waals surface area contributed by atoms with Gasteiger partial charge in [-0.05, 0) is 18.6 Å².